The number of ether oxygens (including phenoxy) is 11. The standard InChI is InChI=1S/C43H67N5O28/c1-13(2-3-44-36-20-37(46-11-45-36)48(12-47-20)38-27(61)23(57)14(4-49)67-38)10-66-39-31(65)34(33(19(9-54)71-39)74-40-28(62)24(58)17(7-52)69-40)75-42-30(64)32(18(8-53)72-42)73-43-35(26(60)22(56)16(6-51)70-43)76-41-29(63)25(59)21(55)15(5-50)68-41/h2,11-12,14-19,21-35,38-43,49-65H,3-10H2,1H3,(H,44,45,46)/b13-2+/t14-,15-,16-,17-,18-,19-,21+,22+,23-,24-,25+,26+,27-,28+,29-,30+,31-,32-,33+,34-,35-,38-,39-,40-,41+,42-,43-/m1/s1. The fourth-order valence-corrected chi connectivity index (χ4v) is 9.59. The van der Waals surface area contributed by atoms with E-state index in [1.165, 1.54) is 17.2 Å². The quantitative estimate of drug-likeness (QED) is 0.0516. The molecule has 18 N–H and O–H groups in total. The van der Waals surface area contributed by atoms with Gasteiger partial charge in [-0.15, -0.1) is 0 Å². The summed E-state index contributed by atoms with van der Waals surface area (Å²) in [4.78, 5) is 12.8. The minimum Gasteiger partial charge on any atom is -0.394 e. The van der Waals surface area contributed by atoms with Crippen LogP contribution >= 0.6 is 0 Å². The Morgan fingerprint density at radius 3 is 1.57 bits per heavy atom. The van der Waals surface area contributed by atoms with Crippen molar-refractivity contribution in [3.05, 3.63) is 24.3 Å². The van der Waals surface area contributed by atoms with Crippen LogP contribution in [0.2, 0.25) is 0 Å². The fourth-order valence-electron chi connectivity index (χ4n) is 9.59. The molecule has 6 aliphatic rings. The monoisotopic (exact) mass is 1100 g/mol. The average Bonchev–Trinajstić information content (AvgIpc) is 4.16. The van der Waals surface area contributed by atoms with E-state index in [4.69, 9.17) is 52.1 Å². The summed E-state index contributed by atoms with van der Waals surface area (Å²) >= 11 is 0. The first-order valence-corrected chi connectivity index (χ1v) is 24.3. The summed E-state index contributed by atoms with van der Waals surface area (Å²) in [7, 11) is 0. The summed E-state index contributed by atoms with van der Waals surface area (Å²) in [6, 6.07) is 0. The third-order valence-corrected chi connectivity index (χ3v) is 13.9. The largest absolute Gasteiger partial charge is 0.394 e. The van der Waals surface area contributed by atoms with Gasteiger partial charge in [-0.05, 0) is 12.5 Å². The van der Waals surface area contributed by atoms with E-state index in [2.05, 4.69) is 20.3 Å². The van der Waals surface area contributed by atoms with Crippen LogP contribution in [0.1, 0.15) is 13.2 Å². The maximum Gasteiger partial charge on any atom is 0.187 e. The predicted molar refractivity (Wildman–Crippen MR) is 239 cm³/mol. The molecule has 6 aliphatic heterocycles. The number of imidazole rings is 1. The van der Waals surface area contributed by atoms with Crippen LogP contribution in [0, 0.1) is 0 Å². The molecule has 0 bridgehead atoms. The van der Waals surface area contributed by atoms with Crippen molar-refractivity contribution in [1.29, 1.82) is 0 Å². The highest BCUT2D eigenvalue weighted by Crippen LogP contribution is 2.38. The SMILES string of the molecule is C/C(=C\CNc1ncnc2c1ncn2[C@@H]1O[C@H](CO)[C@@H](O)[C@H]1O)CO[C@@H]1O[C@H](CO)[C@H](O[C@H]2O[C@H](CO)[C@@H](O)[C@@H]2O)[C@H](O[C@H]2O[C@H](CO)[C@@H](O[C@H]3O[C@H](CO)[C@H](O)[C@H](O)[C@H]3O[C@@H]3O[C@H](CO)[C@H](O)[C@H](O)[C@H]3O)[C@@H]2O)[C@H]1O. The maximum absolute atomic E-state index is 11.9. The molecule has 8 rings (SSSR count). The molecule has 432 valence electrons. The number of aromatic nitrogens is 4. The van der Waals surface area contributed by atoms with Crippen LogP contribution in [-0.2, 0) is 52.1 Å². The number of nitrogens with zero attached hydrogens (tertiary/aromatic N) is 4. The molecule has 0 spiro atoms. The molecule has 33 nitrogen and oxygen atoms in total. The molecule has 0 aliphatic carbocycles. The smallest absolute Gasteiger partial charge is 0.187 e. The third kappa shape index (κ3) is 11.9. The van der Waals surface area contributed by atoms with Crippen molar-refractivity contribution in [1.82, 2.24) is 19.5 Å². The highest BCUT2D eigenvalue weighted by Gasteiger charge is 2.57. The zero-order chi connectivity index (χ0) is 54.9. The van der Waals surface area contributed by atoms with Gasteiger partial charge in [0.05, 0.1) is 52.6 Å². The van der Waals surface area contributed by atoms with Crippen LogP contribution in [0.15, 0.2) is 24.3 Å². The Morgan fingerprint density at radius 2 is 0.947 bits per heavy atom. The number of fused-ring (bicyclic) bond motifs is 1. The maximum atomic E-state index is 11.9. The minimum absolute atomic E-state index is 0.111. The summed E-state index contributed by atoms with van der Waals surface area (Å²) < 4.78 is 65.1. The Labute approximate surface area is 430 Å². The lowest BCUT2D eigenvalue weighted by molar-refractivity contribution is -0.374. The van der Waals surface area contributed by atoms with Crippen molar-refractivity contribution < 1.29 is 139 Å². The second-order valence-corrected chi connectivity index (χ2v) is 19.0. The molecule has 27 atom stereocenters. The van der Waals surface area contributed by atoms with E-state index in [-0.39, 0.29) is 30.1 Å². The minimum atomic E-state index is -2.02. The first kappa shape index (κ1) is 59.1. The highest BCUT2D eigenvalue weighted by molar-refractivity contribution is 5.82. The molecular weight excluding hydrogens is 1030 g/mol. The van der Waals surface area contributed by atoms with E-state index in [1.54, 1.807) is 13.0 Å². The van der Waals surface area contributed by atoms with Crippen molar-refractivity contribution in [2.24, 2.45) is 0 Å². The lowest BCUT2D eigenvalue weighted by Gasteiger charge is -2.46. The van der Waals surface area contributed by atoms with E-state index in [0.29, 0.717) is 5.57 Å². The normalized spacial score (nSPS) is 45.3. The average molecular weight is 1100 g/mol. The van der Waals surface area contributed by atoms with Gasteiger partial charge in [-0.25, -0.2) is 15.0 Å². The van der Waals surface area contributed by atoms with Gasteiger partial charge in [-0.3, -0.25) is 4.57 Å². The van der Waals surface area contributed by atoms with E-state index < -0.39 is 206 Å². The van der Waals surface area contributed by atoms with E-state index in [9.17, 15) is 86.8 Å². The Hall–Kier alpha value is -3.03. The number of anilines is 1. The van der Waals surface area contributed by atoms with Gasteiger partial charge < -0.3 is 144 Å². The number of nitrogens with one attached hydrogen (secondary N) is 1. The van der Waals surface area contributed by atoms with Crippen molar-refractivity contribution in [2.45, 2.75) is 173 Å². The molecule has 6 fully saturated rings. The van der Waals surface area contributed by atoms with Gasteiger partial charge in [-0.2, -0.15) is 0 Å². The molecule has 2 aromatic rings. The van der Waals surface area contributed by atoms with Crippen molar-refractivity contribution in [2.75, 3.05) is 58.1 Å². The van der Waals surface area contributed by atoms with Crippen molar-refractivity contribution in [3.8, 4) is 0 Å². The van der Waals surface area contributed by atoms with Gasteiger partial charge in [0, 0.05) is 6.54 Å². The second kappa shape index (κ2) is 25.6. The van der Waals surface area contributed by atoms with Crippen molar-refractivity contribution >= 4 is 17.0 Å². The summed E-state index contributed by atoms with van der Waals surface area (Å²) in [6.07, 6.45) is -41.4. The Bertz CT molecular complexity index is 2190. The van der Waals surface area contributed by atoms with Gasteiger partial charge >= 0.3 is 0 Å². The third-order valence-electron chi connectivity index (χ3n) is 13.9. The van der Waals surface area contributed by atoms with Crippen molar-refractivity contribution in [3.63, 3.8) is 0 Å². The molecule has 0 aromatic carbocycles. The number of hydrogen-bond acceptors (Lipinski definition) is 32. The number of aliphatic hydroxyl groups is 17. The van der Waals surface area contributed by atoms with Crippen LogP contribution in [0.25, 0.3) is 11.2 Å². The van der Waals surface area contributed by atoms with Crippen LogP contribution in [0.4, 0.5) is 5.82 Å². The van der Waals surface area contributed by atoms with E-state index in [1.807, 2.05) is 0 Å². The number of aliphatic hydroxyl groups excluding tert-OH is 17. The first-order chi connectivity index (χ1) is 36.4. The van der Waals surface area contributed by atoms with Gasteiger partial charge in [0.1, 0.15) is 135 Å². The molecule has 6 saturated heterocycles. The molecule has 0 amide bonds. The summed E-state index contributed by atoms with van der Waals surface area (Å²) in [6.45, 7) is -3.34. The van der Waals surface area contributed by atoms with Crippen LogP contribution in [-0.4, -0.2) is 319 Å². The lowest BCUT2D eigenvalue weighted by Crippen LogP contribution is -2.65. The molecule has 0 saturated carbocycles. The molecule has 33 heteroatoms. The predicted octanol–water partition coefficient (Wildman–Crippen LogP) is -10.8. The summed E-state index contributed by atoms with van der Waals surface area (Å²) in [5, 5.41) is 182. The van der Waals surface area contributed by atoms with E-state index >= 15 is 0 Å². The number of rotatable bonds is 21. The van der Waals surface area contributed by atoms with Crippen LogP contribution in [0.3, 0.4) is 0 Å². The van der Waals surface area contributed by atoms with E-state index in [0.717, 1.165) is 0 Å². The first-order valence-electron chi connectivity index (χ1n) is 24.3. The lowest BCUT2D eigenvalue weighted by atomic mass is 9.97. The second-order valence-electron chi connectivity index (χ2n) is 19.0. The van der Waals surface area contributed by atoms with Crippen LogP contribution in [0.5, 0.6) is 0 Å². The molecule has 76 heavy (non-hydrogen) atoms. The Balaban J connectivity index is 0.973. The van der Waals surface area contributed by atoms with Gasteiger partial charge in [-0.1, -0.05) is 6.08 Å². The Kier molecular flexibility index (Phi) is 19.9. The molecule has 8 heterocycles. The zero-order valence-electron chi connectivity index (χ0n) is 40.4. The molecular formula is C43H67N5O28. The Morgan fingerprint density at radius 1 is 0.487 bits per heavy atom. The highest BCUT2D eigenvalue weighted by atomic mass is 16.8. The molecule has 0 unspecified atom stereocenters. The van der Waals surface area contributed by atoms with Crippen LogP contribution < -0.4 is 5.32 Å². The van der Waals surface area contributed by atoms with Gasteiger partial charge in [0.25, 0.3) is 0 Å². The topological polar surface area (TPSA) is 501 Å². The fraction of sp³-hybridized carbons (Fsp3) is 0.837. The van der Waals surface area contributed by atoms with Gasteiger partial charge in [0.15, 0.2) is 54.7 Å². The summed E-state index contributed by atoms with van der Waals surface area (Å²) in [5.41, 5.74) is 1.05. The zero-order valence-corrected chi connectivity index (χ0v) is 40.4. The summed E-state index contributed by atoms with van der Waals surface area (Å²) in [5.74, 6) is 0.267. The molecule has 2 aromatic heterocycles. The molecule has 0 radical (unpaired) electrons. The van der Waals surface area contributed by atoms with Gasteiger partial charge in [0.2, 0.25) is 0 Å². The number of hydrogen-bond donors (Lipinski definition) is 18.